The molecule has 0 spiro atoms. The van der Waals surface area contributed by atoms with Crippen molar-refractivity contribution in [2.45, 2.75) is 96.7 Å². The monoisotopic (exact) mass is 854 g/mol. The molecule has 61 heavy (non-hydrogen) atoms. The van der Waals surface area contributed by atoms with E-state index in [9.17, 15) is 37.1 Å². The summed E-state index contributed by atoms with van der Waals surface area (Å²) in [7, 11) is 5.13. The van der Waals surface area contributed by atoms with Crippen LogP contribution in [0.5, 0.6) is 0 Å². The van der Waals surface area contributed by atoms with E-state index in [-0.39, 0.29) is 17.7 Å². The van der Waals surface area contributed by atoms with Gasteiger partial charge in [-0.25, -0.2) is 4.79 Å². The molecule has 5 N–H and O–H groups in total. The first-order valence-corrected chi connectivity index (χ1v) is 19.9. The number of methoxy groups -OCH3 is 1. The minimum Gasteiger partial charge on any atom is -0.499 e. The van der Waals surface area contributed by atoms with Gasteiger partial charge in [0, 0.05) is 41.7 Å². The van der Waals surface area contributed by atoms with Crippen LogP contribution < -0.4 is 16.0 Å². The number of aromatic amines is 1. The van der Waals surface area contributed by atoms with Gasteiger partial charge in [-0.05, 0) is 69.3 Å². The number of fused-ring (bicyclic) bond motifs is 1. The smallest absolute Gasteiger partial charge is 0.490 e. The zero-order valence-corrected chi connectivity index (χ0v) is 35.7. The summed E-state index contributed by atoms with van der Waals surface area (Å²) >= 11 is 0. The van der Waals surface area contributed by atoms with Crippen LogP contribution in [0.15, 0.2) is 84.8 Å². The van der Waals surface area contributed by atoms with Crippen LogP contribution in [0.25, 0.3) is 10.9 Å². The number of rotatable bonds is 18. The van der Waals surface area contributed by atoms with Crippen LogP contribution in [0.3, 0.4) is 0 Å². The molecule has 14 nitrogen and oxygen atoms in total. The Kier molecular flexibility index (Phi) is 18.3. The van der Waals surface area contributed by atoms with Gasteiger partial charge in [-0.2, -0.15) is 13.2 Å². The molecule has 3 aromatic rings. The number of carbonyl (C=O) groups excluding carboxylic acids is 5. The Balaban J connectivity index is 0.00000130. The quantitative estimate of drug-likeness (QED) is 0.111. The molecule has 17 heteroatoms. The third-order valence-electron chi connectivity index (χ3n) is 9.84. The van der Waals surface area contributed by atoms with E-state index in [4.69, 9.17) is 14.6 Å². The fourth-order valence-electron chi connectivity index (χ4n) is 7.00. The minimum absolute atomic E-state index is 0.0147. The van der Waals surface area contributed by atoms with Crippen molar-refractivity contribution < 1.29 is 51.8 Å². The van der Waals surface area contributed by atoms with Crippen molar-refractivity contribution in [3.63, 3.8) is 0 Å². The van der Waals surface area contributed by atoms with E-state index in [1.165, 1.54) is 25.3 Å². The van der Waals surface area contributed by atoms with Crippen molar-refractivity contribution >= 4 is 46.4 Å². The highest BCUT2D eigenvalue weighted by Crippen LogP contribution is 2.28. The van der Waals surface area contributed by atoms with Crippen molar-refractivity contribution in [1.82, 2.24) is 30.7 Å². The van der Waals surface area contributed by atoms with Crippen molar-refractivity contribution in [2.75, 3.05) is 21.2 Å². The Hall–Kier alpha value is -5.97. The molecule has 4 rings (SSSR count). The van der Waals surface area contributed by atoms with Crippen LogP contribution >= 0.6 is 0 Å². The van der Waals surface area contributed by atoms with Gasteiger partial charge in [0.25, 0.3) is 11.8 Å². The van der Waals surface area contributed by atoms with E-state index >= 15 is 0 Å². The largest absolute Gasteiger partial charge is 0.499 e. The lowest BCUT2D eigenvalue weighted by Crippen LogP contribution is -2.57. The maximum Gasteiger partial charge on any atom is 0.490 e. The van der Waals surface area contributed by atoms with Gasteiger partial charge in [0.2, 0.25) is 17.7 Å². The number of carbonyl (C=O) groups is 6. The van der Waals surface area contributed by atoms with Crippen LogP contribution in [0.4, 0.5) is 13.2 Å². The number of carboxylic acid groups (broad SMARTS) is 1. The number of benzene rings is 2. The molecule has 332 valence electrons. The molecule has 0 unspecified atom stereocenters. The number of halogens is 3. The number of carboxylic acids is 1. The summed E-state index contributed by atoms with van der Waals surface area (Å²) in [6.07, 6.45) is 2.48. The Morgan fingerprint density at radius 1 is 0.902 bits per heavy atom. The summed E-state index contributed by atoms with van der Waals surface area (Å²) in [6, 6.07) is 14.0. The predicted molar refractivity (Wildman–Crippen MR) is 224 cm³/mol. The fourth-order valence-corrected chi connectivity index (χ4v) is 7.00. The third kappa shape index (κ3) is 14.6. The highest BCUT2D eigenvalue weighted by molar-refractivity contribution is 6.08. The molecule has 0 fully saturated rings. The lowest BCUT2D eigenvalue weighted by molar-refractivity contribution is -0.192. The second kappa shape index (κ2) is 22.6. The molecule has 0 radical (unpaired) electrons. The number of amides is 5. The molecular weight excluding hydrogens is 798 g/mol. The number of aliphatic carboxylic acids is 1. The second-order valence-corrected chi connectivity index (χ2v) is 15.8. The number of nitrogens with zero attached hydrogens (tertiary/aromatic N) is 2. The first kappa shape index (κ1) is 49.4. The van der Waals surface area contributed by atoms with Gasteiger partial charge < -0.3 is 30.8 Å². The van der Waals surface area contributed by atoms with Gasteiger partial charge >= 0.3 is 12.1 Å². The average Bonchev–Trinajstić information content (AvgIpc) is 3.74. The Labute approximate surface area is 353 Å². The zero-order chi connectivity index (χ0) is 45.6. The van der Waals surface area contributed by atoms with Crippen LogP contribution in [-0.2, 0) is 46.3 Å². The standard InChI is InChI=1S/C42H56N6O6.C2HF3O2/c1-26(2)22-34(46-42(53)39(27(3)4)47(6)7)41(52)45-33(20-19-29-14-10-9-11-15-29)40(51)44-28(5)18-21-37(49)48-35(36(54-8)24-38(48)50)23-30-25-43-32-17-13-12-16-31(30)32;3-2(4,5)1(6)7/h9-18,21,24-28,33-35,39,43H,19-20,22-23H2,1-8H3,(H,44,51)(H,45,52)(H,46,53);(H,6,7)/b21-18+;/t28-,33-,34-,35-,39-;/m0./s1. The van der Waals surface area contributed by atoms with Crippen LogP contribution in [0.2, 0.25) is 0 Å². The normalized spacial score (nSPS) is 16.2. The molecule has 0 aliphatic carbocycles. The summed E-state index contributed by atoms with van der Waals surface area (Å²) in [5, 5.41) is 16.9. The molecule has 1 aliphatic heterocycles. The fraction of sp³-hybridized carbons (Fsp3) is 0.455. The number of ether oxygens (including phenoxy) is 1. The number of alkyl halides is 3. The van der Waals surface area contributed by atoms with Gasteiger partial charge in [-0.15, -0.1) is 0 Å². The molecular formula is C44H57F3N6O8. The molecule has 1 aromatic heterocycles. The molecule has 0 saturated heterocycles. The van der Waals surface area contributed by atoms with E-state index in [1.807, 2.05) is 107 Å². The highest BCUT2D eigenvalue weighted by Gasteiger charge is 2.39. The number of imide groups is 1. The average molecular weight is 855 g/mol. The molecule has 0 bridgehead atoms. The van der Waals surface area contributed by atoms with E-state index in [0.717, 1.165) is 26.9 Å². The topological polar surface area (TPSA) is 190 Å². The third-order valence-corrected chi connectivity index (χ3v) is 9.84. The molecule has 2 heterocycles. The van der Waals surface area contributed by atoms with Crippen LogP contribution in [0, 0.1) is 11.8 Å². The first-order valence-electron chi connectivity index (χ1n) is 19.9. The van der Waals surface area contributed by atoms with E-state index in [1.54, 1.807) is 6.92 Å². The van der Waals surface area contributed by atoms with Gasteiger partial charge in [-0.3, -0.25) is 33.8 Å². The number of para-hydroxylation sites is 1. The SMILES string of the molecule is COC1=CC(=O)N(C(=O)/C=C/[C@H](C)NC(=O)[C@H](CCc2ccccc2)NC(=O)[C@H](CC(C)C)NC(=O)[C@H](C(C)C)N(C)C)[C@H]1Cc1c[nH]c2ccccc12.O=C(O)C(F)(F)F. The number of hydrogen-bond acceptors (Lipinski definition) is 8. The van der Waals surface area contributed by atoms with E-state index in [2.05, 4.69) is 20.9 Å². The number of likely N-dealkylation sites (N-methyl/N-ethyl adjacent to an activating group) is 1. The Morgan fingerprint density at radius 2 is 1.49 bits per heavy atom. The molecule has 5 amide bonds. The number of aromatic nitrogens is 1. The number of hydrogen-bond donors (Lipinski definition) is 5. The summed E-state index contributed by atoms with van der Waals surface area (Å²) < 4.78 is 37.2. The van der Waals surface area contributed by atoms with Crippen molar-refractivity contribution in [3.05, 3.63) is 95.9 Å². The molecule has 5 atom stereocenters. The highest BCUT2D eigenvalue weighted by atomic mass is 19.4. The van der Waals surface area contributed by atoms with Gasteiger partial charge in [-0.1, -0.05) is 82.3 Å². The van der Waals surface area contributed by atoms with Crippen molar-refractivity contribution in [1.29, 1.82) is 0 Å². The van der Waals surface area contributed by atoms with Gasteiger partial charge in [0.05, 0.1) is 13.2 Å². The van der Waals surface area contributed by atoms with E-state index < -0.39 is 66.0 Å². The summed E-state index contributed by atoms with van der Waals surface area (Å²) in [4.78, 5) is 82.7. The first-order chi connectivity index (χ1) is 28.6. The molecule has 2 aromatic carbocycles. The van der Waals surface area contributed by atoms with Crippen molar-refractivity contribution in [2.24, 2.45) is 11.8 Å². The maximum absolute atomic E-state index is 13.8. The van der Waals surface area contributed by atoms with Crippen molar-refractivity contribution in [3.8, 4) is 0 Å². The summed E-state index contributed by atoms with van der Waals surface area (Å²) in [6.45, 7) is 9.56. The number of nitrogens with one attached hydrogen (secondary N) is 4. The number of aryl methyl sites for hydroxylation is 1. The predicted octanol–water partition coefficient (Wildman–Crippen LogP) is 4.91. The second-order valence-electron chi connectivity index (χ2n) is 15.8. The number of H-pyrrole nitrogens is 1. The molecule has 0 saturated carbocycles. The van der Waals surface area contributed by atoms with Gasteiger partial charge in [0.15, 0.2) is 0 Å². The van der Waals surface area contributed by atoms with Gasteiger partial charge in [0.1, 0.15) is 23.9 Å². The maximum atomic E-state index is 13.8. The summed E-state index contributed by atoms with van der Waals surface area (Å²) in [5.41, 5.74) is 2.89. The van der Waals surface area contributed by atoms with Crippen LogP contribution in [0.1, 0.15) is 58.6 Å². The van der Waals surface area contributed by atoms with E-state index in [0.29, 0.717) is 31.4 Å². The molecule has 1 aliphatic rings. The lowest BCUT2D eigenvalue weighted by Gasteiger charge is -2.30. The lowest BCUT2D eigenvalue weighted by atomic mass is 9.98. The minimum atomic E-state index is -5.08. The van der Waals surface area contributed by atoms with Crippen LogP contribution in [-0.4, -0.2) is 113 Å². The Bertz CT molecular complexity index is 2040. The Morgan fingerprint density at radius 3 is 2.07 bits per heavy atom. The summed E-state index contributed by atoms with van der Waals surface area (Å²) in [5.74, 6) is -4.43. The zero-order valence-electron chi connectivity index (χ0n) is 35.7.